The lowest BCUT2D eigenvalue weighted by Gasteiger charge is -2.26. The smallest absolute Gasteiger partial charge is 0.222 e. The molecule has 0 aromatic carbocycles. The van der Waals surface area contributed by atoms with Crippen molar-refractivity contribution in [2.24, 2.45) is 0 Å². The normalized spacial score (nSPS) is 22.0. The lowest BCUT2D eigenvalue weighted by molar-refractivity contribution is 0.126. The second kappa shape index (κ2) is 6.18. The summed E-state index contributed by atoms with van der Waals surface area (Å²) in [7, 11) is 0. The fourth-order valence-corrected chi connectivity index (χ4v) is 2.67. The molecular weight excluding hydrogens is 264 g/mol. The molecule has 1 aliphatic carbocycles. The number of pyridine rings is 1. The molecule has 2 N–H and O–H groups in total. The fourth-order valence-electron chi connectivity index (χ4n) is 2.67. The maximum absolute atomic E-state index is 9.51. The minimum atomic E-state index is -0.139. The summed E-state index contributed by atoms with van der Waals surface area (Å²) in [4.78, 5) is 13.0. The maximum Gasteiger partial charge on any atom is 0.222 e. The van der Waals surface area contributed by atoms with Gasteiger partial charge < -0.3 is 10.4 Å². The van der Waals surface area contributed by atoms with Gasteiger partial charge in [0.05, 0.1) is 6.10 Å². The Labute approximate surface area is 124 Å². The van der Waals surface area contributed by atoms with Crippen molar-refractivity contribution in [3.05, 3.63) is 36.4 Å². The van der Waals surface area contributed by atoms with Gasteiger partial charge in [0.1, 0.15) is 0 Å². The van der Waals surface area contributed by atoms with Crippen LogP contribution in [0.25, 0.3) is 11.1 Å². The van der Waals surface area contributed by atoms with Gasteiger partial charge in [-0.2, -0.15) is 0 Å². The number of hydrogen-bond donors (Lipinski definition) is 2. The third-order valence-electron chi connectivity index (χ3n) is 3.89. The molecule has 1 saturated carbocycles. The number of aromatic nitrogens is 3. The van der Waals surface area contributed by atoms with Crippen molar-refractivity contribution in [1.29, 1.82) is 0 Å². The molecule has 0 saturated heterocycles. The van der Waals surface area contributed by atoms with Crippen LogP contribution in [0.2, 0.25) is 0 Å². The molecule has 1 aliphatic rings. The van der Waals surface area contributed by atoms with E-state index in [2.05, 4.69) is 26.3 Å². The number of rotatable bonds is 3. The maximum atomic E-state index is 9.51. The van der Waals surface area contributed by atoms with E-state index >= 15 is 0 Å². The Morgan fingerprint density at radius 3 is 2.38 bits per heavy atom. The standard InChI is InChI=1S/C16H20N4O/c1-11-6-12(8-17-7-11)13-9-18-16(19-10-13)20-14-2-4-15(21)5-3-14/h6-10,14-15,21H,2-5H2,1H3,(H,18,19,20). The first-order valence-corrected chi connectivity index (χ1v) is 7.39. The molecule has 1 fully saturated rings. The summed E-state index contributed by atoms with van der Waals surface area (Å²) >= 11 is 0. The predicted molar refractivity (Wildman–Crippen MR) is 81.9 cm³/mol. The Bertz CT molecular complexity index is 591. The number of hydrogen-bond acceptors (Lipinski definition) is 5. The molecule has 21 heavy (non-hydrogen) atoms. The van der Waals surface area contributed by atoms with Crippen LogP contribution in [0.4, 0.5) is 5.95 Å². The molecule has 0 radical (unpaired) electrons. The summed E-state index contributed by atoms with van der Waals surface area (Å²) in [6.45, 7) is 2.02. The molecule has 2 heterocycles. The highest BCUT2D eigenvalue weighted by Crippen LogP contribution is 2.22. The Balaban J connectivity index is 1.67. The number of nitrogens with zero attached hydrogens (tertiary/aromatic N) is 3. The van der Waals surface area contributed by atoms with Gasteiger partial charge in [-0.15, -0.1) is 0 Å². The second-order valence-electron chi connectivity index (χ2n) is 5.70. The van der Waals surface area contributed by atoms with Crippen LogP contribution in [-0.4, -0.2) is 32.2 Å². The van der Waals surface area contributed by atoms with E-state index in [0.29, 0.717) is 12.0 Å². The van der Waals surface area contributed by atoms with Crippen molar-refractivity contribution in [3.63, 3.8) is 0 Å². The summed E-state index contributed by atoms with van der Waals surface area (Å²) in [5.74, 6) is 0.653. The number of aliphatic hydroxyl groups is 1. The summed E-state index contributed by atoms with van der Waals surface area (Å²) in [6.07, 6.45) is 10.8. The quantitative estimate of drug-likeness (QED) is 0.906. The minimum absolute atomic E-state index is 0.139. The number of nitrogens with one attached hydrogen (secondary N) is 1. The summed E-state index contributed by atoms with van der Waals surface area (Å²) in [6, 6.07) is 2.43. The Hall–Kier alpha value is -2.01. The average Bonchev–Trinajstić information content (AvgIpc) is 2.50. The molecule has 5 heteroatoms. The number of aryl methyl sites for hydroxylation is 1. The summed E-state index contributed by atoms with van der Waals surface area (Å²) < 4.78 is 0. The Morgan fingerprint density at radius 1 is 1.00 bits per heavy atom. The molecule has 0 unspecified atom stereocenters. The van der Waals surface area contributed by atoms with Crippen LogP contribution in [-0.2, 0) is 0 Å². The van der Waals surface area contributed by atoms with Gasteiger partial charge in [-0.3, -0.25) is 4.98 Å². The fraction of sp³-hybridized carbons (Fsp3) is 0.438. The topological polar surface area (TPSA) is 70.9 Å². The van der Waals surface area contributed by atoms with E-state index in [1.807, 2.05) is 31.7 Å². The molecule has 110 valence electrons. The van der Waals surface area contributed by atoms with Gasteiger partial charge in [0.2, 0.25) is 5.95 Å². The van der Waals surface area contributed by atoms with Gasteiger partial charge in [-0.05, 0) is 44.2 Å². The molecule has 0 aliphatic heterocycles. The first-order valence-electron chi connectivity index (χ1n) is 7.39. The van der Waals surface area contributed by atoms with Crippen LogP contribution in [0, 0.1) is 6.92 Å². The SMILES string of the molecule is Cc1cncc(-c2cnc(NC3CCC(O)CC3)nc2)c1. The van der Waals surface area contributed by atoms with Gasteiger partial charge in [0.25, 0.3) is 0 Å². The van der Waals surface area contributed by atoms with Crippen molar-refractivity contribution in [2.45, 2.75) is 44.8 Å². The van der Waals surface area contributed by atoms with Crippen LogP contribution < -0.4 is 5.32 Å². The highest BCUT2D eigenvalue weighted by atomic mass is 16.3. The molecule has 2 aromatic rings. The first-order chi connectivity index (χ1) is 10.2. The molecule has 0 amide bonds. The molecule has 5 nitrogen and oxygen atoms in total. The van der Waals surface area contributed by atoms with Crippen LogP contribution in [0.3, 0.4) is 0 Å². The highest BCUT2D eigenvalue weighted by molar-refractivity contribution is 5.61. The Morgan fingerprint density at radius 2 is 1.71 bits per heavy atom. The first kappa shape index (κ1) is 13.9. The zero-order valence-corrected chi connectivity index (χ0v) is 12.2. The van der Waals surface area contributed by atoms with Crippen molar-refractivity contribution in [3.8, 4) is 11.1 Å². The van der Waals surface area contributed by atoms with E-state index in [1.54, 1.807) is 0 Å². The third-order valence-corrected chi connectivity index (χ3v) is 3.89. The van der Waals surface area contributed by atoms with E-state index in [1.165, 1.54) is 0 Å². The van der Waals surface area contributed by atoms with Gasteiger partial charge in [-0.25, -0.2) is 9.97 Å². The highest BCUT2D eigenvalue weighted by Gasteiger charge is 2.19. The van der Waals surface area contributed by atoms with Crippen LogP contribution in [0.15, 0.2) is 30.9 Å². The zero-order valence-electron chi connectivity index (χ0n) is 12.2. The molecular formula is C16H20N4O. The van der Waals surface area contributed by atoms with E-state index < -0.39 is 0 Å². The van der Waals surface area contributed by atoms with Crippen molar-refractivity contribution < 1.29 is 5.11 Å². The van der Waals surface area contributed by atoms with Crippen molar-refractivity contribution in [1.82, 2.24) is 15.0 Å². The van der Waals surface area contributed by atoms with Crippen LogP contribution >= 0.6 is 0 Å². The lowest BCUT2D eigenvalue weighted by Crippen LogP contribution is -2.28. The molecule has 2 aromatic heterocycles. The van der Waals surface area contributed by atoms with Gasteiger partial charge >= 0.3 is 0 Å². The van der Waals surface area contributed by atoms with E-state index in [4.69, 9.17) is 0 Å². The van der Waals surface area contributed by atoms with E-state index in [-0.39, 0.29) is 6.10 Å². The monoisotopic (exact) mass is 284 g/mol. The number of anilines is 1. The van der Waals surface area contributed by atoms with Gasteiger partial charge in [0, 0.05) is 42.0 Å². The largest absolute Gasteiger partial charge is 0.393 e. The van der Waals surface area contributed by atoms with E-state index in [9.17, 15) is 5.11 Å². The summed E-state index contributed by atoms with van der Waals surface area (Å²) in [5.41, 5.74) is 3.12. The van der Waals surface area contributed by atoms with E-state index in [0.717, 1.165) is 42.4 Å². The molecule has 0 bridgehead atoms. The van der Waals surface area contributed by atoms with Gasteiger partial charge in [-0.1, -0.05) is 0 Å². The lowest BCUT2D eigenvalue weighted by atomic mass is 9.93. The molecule has 0 atom stereocenters. The number of aliphatic hydroxyl groups excluding tert-OH is 1. The molecule has 3 rings (SSSR count). The minimum Gasteiger partial charge on any atom is -0.393 e. The Kier molecular flexibility index (Phi) is 4.10. The average molecular weight is 284 g/mol. The third kappa shape index (κ3) is 3.55. The van der Waals surface area contributed by atoms with Gasteiger partial charge in [0.15, 0.2) is 0 Å². The van der Waals surface area contributed by atoms with Crippen molar-refractivity contribution in [2.75, 3.05) is 5.32 Å². The molecule has 0 spiro atoms. The van der Waals surface area contributed by atoms with Crippen molar-refractivity contribution >= 4 is 5.95 Å². The van der Waals surface area contributed by atoms with Crippen LogP contribution in [0.1, 0.15) is 31.2 Å². The summed E-state index contributed by atoms with van der Waals surface area (Å²) in [5, 5.41) is 12.9. The zero-order chi connectivity index (χ0) is 14.7. The second-order valence-corrected chi connectivity index (χ2v) is 5.70. The van der Waals surface area contributed by atoms with Crippen LogP contribution in [0.5, 0.6) is 0 Å². The predicted octanol–water partition coefficient (Wildman–Crippen LogP) is 2.56.